The fourth-order valence-electron chi connectivity index (χ4n) is 3.48. The van der Waals surface area contributed by atoms with Gasteiger partial charge in [0, 0.05) is 22.5 Å². The molecule has 0 fully saturated rings. The second-order valence-corrected chi connectivity index (χ2v) is 7.01. The van der Waals surface area contributed by atoms with Gasteiger partial charge in [-0.15, -0.1) is 0 Å². The highest BCUT2D eigenvalue weighted by atomic mass is 14.8. The molecule has 0 atom stereocenters. The summed E-state index contributed by atoms with van der Waals surface area (Å²) >= 11 is 0. The van der Waals surface area contributed by atoms with Crippen LogP contribution in [0.25, 0.3) is 33.6 Å². The molecule has 0 amide bonds. The Morgan fingerprint density at radius 3 is 2.04 bits per heavy atom. The number of aromatic amines is 1. The van der Waals surface area contributed by atoms with Gasteiger partial charge in [-0.05, 0) is 48.7 Å². The Morgan fingerprint density at radius 2 is 1.43 bits per heavy atom. The summed E-state index contributed by atoms with van der Waals surface area (Å²) in [6.07, 6.45) is 0.446. The molecule has 3 heteroatoms. The van der Waals surface area contributed by atoms with Gasteiger partial charge in [0.2, 0.25) is 0 Å². The number of aryl methyl sites for hydroxylation is 2. The normalized spacial score (nSPS) is 10.6. The van der Waals surface area contributed by atoms with E-state index in [0.29, 0.717) is 6.42 Å². The topological polar surface area (TPSA) is 52.5 Å². The van der Waals surface area contributed by atoms with Crippen LogP contribution in [-0.2, 0) is 6.42 Å². The highest BCUT2D eigenvalue weighted by Crippen LogP contribution is 2.27. The second kappa shape index (κ2) is 7.54. The zero-order chi connectivity index (χ0) is 19.5. The van der Waals surface area contributed by atoms with E-state index in [0.717, 1.165) is 50.6 Å². The average Bonchev–Trinajstić information content (AvgIpc) is 3.07. The zero-order valence-electron chi connectivity index (χ0n) is 16.0. The quantitative estimate of drug-likeness (QED) is 0.477. The van der Waals surface area contributed by atoms with Crippen molar-refractivity contribution in [2.75, 3.05) is 0 Å². The van der Waals surface area contributed by atoms with Crippen molar-refractivity contribution in [1.29, 1.82) is 5.26 Å². The highest BCUT2D eigenvalue weighted by molar-refractivity contribution is 5.71. The molecule has 0 unspecified atom stereocenters. The van der Waals surface area contributed by atoms with Gasteiger partial charge in [0.25, 0.3) is 0 Å². The first-order valence-electron chi connectivity index (χ1n) is 9.34. The molecule has 4 aromatic rings. The third kappa shape index (κ3) is 3.58. The first kappa shape index (κ1) is 17.8. The van der Waals surface area contributed by atoms with E-state index in [1.54, 1.807) is 0 Å². The van der Waals surface area contributed by atoms with Crippen LogP contribution in [0.5, 0.6) is 0 Å². The molecule has 0 radical (unpaired) electrons. The van der Waals surface area contributed by atoms with Gasteiger partial charge in [-0.3, -0.25) is 0 Å². The van der Waals surface area contributed by atoms with E-state index < -0.39 is 0 Å². The van der Waals surface area contributed by atoms with Crippen LogP contribution in [0.4, 0.5) is 0 Å². The van der Waals surface area contributed by atoms with Crippen molar-refractivity contribution >= 4 is 0 Å². The Bertz CT molecular complexity index is 1140. The van der Waals surface area contributed by atoms with Crippen molar-refractivity contribution in [1.82, 2.24) is 9.97 Å². The Kier molecular flexibility index (Phi) is 4.78. The summed E-state index contributed by atoms with van der Waals surface area (Å²) in [5, 5.41) is 8.80. The number of hydrogen-bond acceptors (Lipinski definition) is 2. The van der Waals surface area contributed by atoms with E-state index in [1.165, 1.54) is 0 Å². The van der Waals surface area contributed by atoms with Crippen LogP contribution in [-0.4, -0.2) is 9.97 Å². The number of pyridine rings is 1. The molecule has 0 aliphatic heterocycles. The molecule has 1 N–H and O–H groups in total. The van der Waals surface area contributed by atoms with Crippen LogP contribution in [0.3, 0.4) is 0 Å². The molecular weight excluding hydrogens is 342 g/mol. The summed E-state index contributed by atoms with van der Waals surface area (Å²) in [6.45, 7) is 4.14. The zero-order valence-corrected chi connectivity index (χ0v) is 16.0. The maximum atomic E-state index is 8.80. The summed E-state index contributed by atoms with van der Waals surface area (Å²) in [7, 11) is 0. The number of nitrogens with zero attached hydrogens (tertiary/aromatic N) is 2. The van der Waals surface area contributed by atoms with Gasteiger partial charge in [-0.1, -0.05) is 54.6 Å². The molecule has 0 saturated carbocycles. The van der Waals surface area contributed by atoms with Crippen molar-refractivity contribution in [3.05, 3.63) is 89.7 Å². The van der Waals surface area contributed by atoms with E-state index in [1.807, 2.05) is 18.2 Å². The second-order valence-electron chi connectivity index (χ2n) is 7.01. The predicted octanol–water partition coefficient (Wildman–Crippen LogP) is 6.09. The first-order valence-corrected chi connectivity index (χ1v) is 9.34. The molecule has 2 aromatic heterocycles. The molecule has 0 bridgehead atoms. The van der Waals surface area contributed by atoms with Gasteiger partial charge in [0.05, 0.1) is 23.9 Å². The van der Waals surface area contributed by atoms with E-state index in [4.69, 9.17) is 10.2 Å². The molecule has 28 heavy (non-hydrogen) atoms. The Balaban J connectivity index is 1.61. The lowest BCUT2D eigenvalue weighted by Crippen LogP contribution is -1.89. The summed E-state index contributed by atoms with van der Waals surface area (Å²) in [6, 6.07) is 27.1. The van der Waals surface area contributed by atoms with E-state index >= 15 is 0 Å². The van der Waals surface area contributed by atoms with Gasteiger partial charge >= 0.3 is 0 Å². The molecule has 0 aliphatic rings. The minimum Gasteiger partial charge on any atom is -0.362 e. The molecule has 0 spiro atoms. The maximum Gasteiger partial charge on any atom is 0.0727 e. The number of rotatable bonds is 4. The van der Waals surface area contributed by atoms with E-state index in [-0.39, 0.29) is 0 Å². The predicted molar refractivity (Wildman–Crippen MR) is 114 cm³/mol. The lowest BCUT2D eigenvalue weighted by molar-refractivity contribution is 1.19. The van der Waals surface area contributed by atoms with Gasteiger partial charge in [0.1, 0.15) is 0 Å². The Morgan fingerprint density at radius 1 is 0.821 bits per heavy atom. The fraction of sp³-hybridized carbons (Fsp3) is 0.120. The number of benzene rings is 2. The number of aromatic nitrogens is 2. The maximum absolute atomic E-state index is 8.80. The van der Waals surface area contributed by atoms with Crippen molar-refractivity contribution in [2.24, 2.45) is 0 Å². The minimum absolute atomic E-state index is 0.446. The van der Waals surface area contributed by atoms with E-state index in [2.05, 4.69) is 79.5 Å². The minimum atomic E-state index is 0.446. The summed E-state index contributed by atoms with van der Waals surface area (Å²) in [5.41, 5.74) is 9.81. The fourth-order valence-corrected chi connectivity index (χ4v) is 3.48. The SMILES string of the molecule is Cc1cc(-c2cccc(-c3ccc(-c4ccc(CC#N)cc4)cc3)n2)c(C)[nH]1. The largest absolute Gasteiger partial charge is 0.362 e. The molecule has 3 nitrogen and oxygen atoms in total. The standard InChI is InChI=1S/C25H21N3/c1-17-16-23(18(2)27-17)25-5-3-4-24(28-25)22-12-10-21(11-13-22)20-8-6-19(7-9-20)14-15-26/h3-13,16,27H,14H2,1-2H3. The van der Waals surface area contributed by atoms with Crippen LogP contribution in [0.1, 0.15) is 17.0 Å². The molecule has 0 aliphatic carbocycles. The summed E-state index contributed by atoms with van der Waals surface area (Å²) < 4.78 is 0. The smallest absolute Gasteiger partial charge is 0.0727 e. The van der Waals surface area contributed by atoms with E-state index in [9.17, 15) is 0 Å². The highest BCUT2D eigenvalue weighted by Gasteiger charge is 2.08. The van der Waals surface area contributed by atoms with Gasteiger partial charge in [-0.25, -0.2) is 4.98 Å². The van der Waals surface area contributed by atoms with Crippen molar-refractivity contribution in [3.63, 3.8) is 0 Å². The van der Waals surface area contributed by atoms with Crippen LogP contribution >= 0.6 is 0 Å². The molecule has 136 valence electrons. The van der Waals surface area contributed by atoms with Crippen molar-refractivity contribution in [3.8, 4) is 39.7 Å². The monoisotopic (exact) mass is 363 g/mol. The summed E-state index contributed by atoms with van der Waals surface area (Å²) in [4.78, 5) is 8.22. The Labute approximate surface area is 165 Å². The third-order valence-electron chi connectivity index (χ3n) is 4.93. The average molecular weight is 363 g/mol. The van der Waals surface area contributed by atoms with Crippen LogP contribution < -0.4 is 0 Å². The van der Waals surface area contributed by atoms with Gasteiger partial charge in [-0.2, -0.15) is 5.26 Å². The van der Waals surface area contributed by atoms with Gasteiger partial charge < -0.3 is 4.98 Å². The van der Waals surface area contributed by atoms with Crippen molar-refractivity contribution < 1.29 is 0 Å². The number of hydrogen-bond donors (Lipinski definition) is 1. The molecule has 2 heterocycles. The number of H-pyrrole nitrogens is 1. The van der Waals surface area contributed by atoms with Crippen LogP contribution in [0.15, 0.2) is 72.8 Å². The summed E-state index contributed by atoms with van der Waals surface area (Å²) in [5.74, 6) is 0. The Hall–Kier alpha value is -3.64. The third-order valence-corrected chi connectivity index (χ3v) is 4.93. The number of nitrogens with one attached hydrogen (secondary N) is 1. The molecule has 4 rings (SSSR count). The molecule has 0 saturated heterocycles. The first-order chi connectivity index (χ1) is 13.6. The van der Waals surface area contributed by atoms with Crippen LogP contribution in [0, 0.1) is 25.2 Å². The molecular formula is C25H21N3. The number of nitriles is 1. The molecule has 2 aromatic carbocycles. The van der Waals surface area contributed by atoms with Crippen LogP contribution in [0.2, 0.25) is 0 Å². The lowest BCUT2D eigenvalue weighted by Gasteiger charge is -2.07. The van der Waals surface area contributed by atoms with Gasteiger partial charge in [0.15, 0.2) is 0 Å². The lowest BCUT2D eigenvalue weighted by atomic mass is 10.0. The van der Waals surface area contributed by atoms with Crippen molar-refractivity contribution in [2.45, 2.75) is 20.3 Å².